The van der Waals surface area contributed by atoms with Crippen LogP contribution >= 0.6 is 22.6 Å². The van der Waals surface area contributed by atoms with Crippen LogP contribution in [-0.4, -0.2) is 29.8 Å². The summed E-state index contributed by atoms with van der Waals surface area (Å²) < 4.78 is 1.08. The lowest BCUT2D eigenvalue weighted by atomic mass is 10.0. The highest BCUT2D eigenvalue weighted by Gasteiger charge is 2.27. The number of rotatable bonds is 7. The maximum atomic E-state index is 12.3. The van der Waals surface area contributed by atoms with Gasteiger partial charge in [0, 0.05) is 16.9 Å². The average Bonchev–Trinajstić information content (AvgIpc) is 2.45. The largest absolute Gasteiger partial charge is 0.368 e. The van der Waals surface area contributed by atoms with Gasteiger partial charge in [-0.1, -0.05) is 26.0 Å². The number of nitrogens with two attached hydrogens (primary N) is 1. The number of hydrogen-bond donors (Lipinski definition) is 3. The summed E-state index contributed by atoms with van der Waals surface area (Å²) in [5.74, 6) is -1.43. The number of amides is 3. The predicted octanol–water partition coefficient (Wildman–Crippen LogP) is 0.965. The molecule has 0 heterocycles. The summed E-state index contributed by atoms with van der Waals surface area (Å²) in [6, 6.07) is 6.09. The summed E-state index contributed by atoms with van der Waals surface area (Å²) in [6.07, 6.45) is 0.308. The molecule has 0 saturated heterocycles. The molecule has 0 spiro atoms. The second-order valence-corrected chi connectivity index (χ2v) is 6.96. The van der Waals surface area contributed by atoms with Gasteiger partial charge in [-0.25, -0.2) is 0 Å². The highest BCUT2D eigenvalue weighted by Crippen LogP contribution is 2.10. The first-order valence-electron chi connectivity index (χ1n) is 7.32. The molecule has 126 valence electrons. The Balaban J connectivity index is 2.81. The van der Waals surface area contributed by atoms with Gasteiger partial charge in [0.2, 0.25) is 17.7 Å². The van der Waals surface area contributed by atoms with Crippen LogP contribution in [0.4, 0.5) is 0 Å². The molecule has 0 radical (unpaired) electrons. The van der Waals surface area contributed by atoms with E-state index >= 15 is 0 Å². The second kappa shape index (κ2) is 8.85. The summed E-state index contributed by atoms with van der Waals surface area (Å²) in [4.78, 5) is 35.2. The number of halogens is 1. The summed E-state index contributed by atoms with van der Waals surface area (Å²) >= 11 is 2.19. The van der Waals surface area contributed by atoms with E-state index < -0.39 is 23.9 Å². The van der Waals surface area contributed by atoms with Gasteiger partial charge in [0.05, 0.1) is 0 Å². The Morgan fingerprint density at radius 2 is 1.70 bits per heavy atom. The number of carbonyl (C=O) groups excluding carboxylic acids is 3. The molecule has 0 aliphatic rings. The van der Waals surface area contributed by atoms with Crippen LogP contribution in [0.5, 0.6) is 0 Å². The first kappa shape index (κ1) is 19.4. The summed E-state index contributed by atoms with van der Waals surface area (Å²) in [6.45, 7) is 4.98. The number of primary amides is 1. The molecule has 1 aromatic carbocycles. The molecule has 0 aliphatic carbocycles. The van der Waals surface area contributed by atoms with Crippen molar-refractivity contribution in [1.82, 2.24) is 10.6 Å². The zero-order chi connectivity index (χ0) is 17.6. The molecule has 6 nitrogen and oxygen atoms in total. The standard InChI is InChI=1S/C16H22IN3O3/c1-9(2)14(19-10(3)21)16(23)20-13(15(18)22)8-11-4-6-12(17)7-5-11/h4-7,9,13-14H,8H2,1-3H3,(H2,18,22)(H,19,21)(H,20,23)/t13-,14-/m1/s1. The van der Waals surface area contributed by atoms with Gasteiger partial charge in [0.15, 0.2) is 0 Å². The normalized spacial score (nSPS) is 13.3. The molecule has 3 amide bonds. The van der Waals surface area contributed by atoms with E-state index in [0.29, 0.717) is 6.42 Å². The molecule has 4 N–H and O–H groups in total. The SMILES string of the molecule is CC(=O)N[C@@H](C(=O)N[C@H](Cc1ccc(I)cc1)C(N)=O)C(C)C. The van der Waals surface area contributed by atoms with Gasteiger partial charge in [-0.15, -0.1) is 0 Å². The van der Waals surface area contributed by atoms with Crippen molar-refractivity contribution in [1.29, 1.82) is 0 Å². The molecule has 2 atom stereocenters. The zero-order valence-corrected chi connectivity index (χ0v) is 15.6. The number of benzene rings is 1. The van der Waals surface area contributed by atoms with Crippen LogP contribution in [0, 0.1) is 9.49 Å². The van der Waals surface area contributed by atoms with Crippen LogP contribution in [0.25, 0.3) is 0 Å². The van der Waals surface area contributed by atoms with Crippen LogP contribution < -0.4 is 16.4 Å². The number of nitrogens with one attached hydrogen (secondary N) is 2. The minimum Gasteiger partial charge on any atom is -0.368 e. The molecule has 0 unspecified atom stereocenters. The van der Waals surface area contributed by atoms with Crippen LogP contribution in [0.1, 0.15) is 26.3 Å². The van der Waals surface area contributed by atoms with E-state index in [4.69, 9.17) is 5.73 Å². The maximum absolute atomic E-state index is 12.3. The Bertz CT molecular complexity index is 572. The van der Waals surface area contributed by atoms with Crippen LogP contribution in [0.3, 0.4) is 0 Å². The predicted molar refractivity (Wildman–Crippen MR) is 96.4 cm³/mol. The maximum Gasteiger partial charge on any atom is 0.243 e. The third kappa shape index (κ3) is 6.55. The molecule has 23 heavy (non-hydrogen) atoms. The van der Waals surface area contributed by atoms with Gasteiger partial charge in [-0.3, -0.25) is 14.4 Å². The van der Waals surface area contributed by atoms with Gasteiger partial charge in [0.25, 0.3) is 0 Å². The Labute approximate surface area is 149 Å². The van der Waals surface area contributed by atoms with Gasteiger partial charge in [-0.2, -0.15) is 0 Å². The van der Waals surface area contributed by atoms with Crippen molar-refractivity contribution in [2.75, 3.05) is 0 Å². The highest BCUT2D eigenvalue weighted by atomic mass is 127. The zero-order valence-electron chi connectivity index (χ0n) is 13.4. The molecular formula is C16H22IN3O3. The lowest BCUT2D eigenvalue weighted by Gasteiger charge is -2.24. The van der Waals surface area contributed by atoms with Gasteiger partial charge < -0.3 is 16.4 Å². The molecule has 0 saturated carbocycles. The van der Waals surface area contributed by atoms with E-state index in [9.17, 15) is 14.4 Å². The highest BCUT2D eigenvalue weighted by molar-refractivity contribution is 14.1. The molecular weight excluding hydrogens is 409 g/mol. The Morgan fingerprint density at radius 3 is 2.13 bits per heavy atom. The fourth-order valence-corrected chi connectivity index (χ4v) is 2.45. The van der Waals surface area contributed by atoms with Crippen molar-refractivity contribution in [3.05, 3.63) is 33.4 Å². The summed E-state index contributed by atoms with van der Waals surface area (Å²) in [5.41, 5.74) is 6.30. The topological polar surface area (TPSA) is 101 Å². The van der Waals surface area contributed by atoms with Gasteiger partial charge >= 0.3 is 0 Å². The van der Waals surface area contributed by atoms with Crippen molar-refractivity contribution in [3.8, 4) is 0 Å². The van der Waals surface area contributed by atoms with E-state index in [1.165, 1.54) is 6.92 Å². The van der Waals surface area contributed by atoms with E-state index in [0.717, 1.165) is 9.13 Å². The first-order chi connectivity index (χ1) is 10.7. The van der Waals surface area contributed by atoms with Crippen molar-refractivity contribution >= 4 is 40.3 Å². The minimum absolute atomic E-state index is 0.106. The van der Waals surface area contributed by atoms with Gasteiger partial charge in [0.1, 0.15) is 12.1 Å². The molecule has 0 aromatic heterocycles. The van der Waals surface area contributed by atoms with Crippen LogP contribution in [0.2, 0.25) is 0 Å². The fourth-order valence-electron chi connectivity index (χ4n) is 2.09. The molecule has 0 aliphatic heterocycles. The van der Waals surface area contributed by atoms with Gasteiger partial charge in [-0.05, 0) is 46.2 Å². The molecule has 0 fully saturated rings. The average molecular weight is 431 g/mol. The summed E-state index contributed by atoms with van der Waals surface area (Å²) in [5, 5.41) is 5.23. The van der Waals surface area contributed by atoms with E-state index in [-0.39, 0.29) is 11.8 Å². The van der Waals surface area contributed by atoms with Crippen molar-refractivity contribution in [2.45, 2.75) is 39.3 Å². The molecule has 0 bridgehead atoms. The second-order valence-electron chi connectivity index (χ2n) is 5.72. The monoisotopic (exact) mass is 431 g/mol. The van der Waals surface area contributed by atoms with Crippen molar-refractivity contribution in [3.63, 3.8) is 0 Å². The van der Waals surface area contributed by atoms with Crippen molar-refractivity contribution in [2.24, 2.45) is 11.7 Å². The molecule has 1 rings (SSSR count). The lowest BCUT2D eigenvalue weighted by Crippen LogP contribution is -2.55. The smallest absolute Gasteiger partial charge is 0.243 e. The van der Waals surface area contributed by atoms with E-state index in [1.54, 1.807) is 0 Å². The van der Waals surface area contributed by atoms with Crippen LogP contribution in [0.15, 0.2) is 24.3 Å². The van der Waals surface area contributed by atoms with Crippen LogP contribution in [-0.2, 0) is 20.8 Å². The first-order valence-corrected chi connectivity index (χ1v) is 8.39. The molecule has 1 aromatic rings. The lowest BCUT2D eigenvalue weighted by molar-refractivity contribution is -0.131. The molecule has 7 heteroatoms. The third-order valence-electron chi connectivity index (χ3n) is 3.32. The van der Waals surface area contributed by atoms with E-state index in [2.05, 4.69) is 33.2 Å². The van der Waals surface area contributed by atoms with E-state index in [1.807, 2.05) is 38.1 Å². The Kier molecular flexibility index (Phi) is 7.47. The fraction of sp³-hybridized carbons (Fsp3) is 0.438. The number of hydrogen-bond acceptors (Lipinski definition) is 3. The summed E-state index contributed by atoms with van der Waals surface area (Å²) in [7, 11) is 0. The Morgan fingerprint density at radius 1 is 1.13 bits per heavy atom. The van der Waals surface area contributed by atoms with Crippen molar-refractivity contribution < 1.29 is 14.4 Å². The quantitative estimate of drug-likeness (QED) is 0.561. The Hall–Kier alpha value is -1.64. The minimum atomic E-state index is -0.822. The number of carbonyl (C=O) groups is 3. The third-order valence-corrected chi connectivity index (χ3v) is 4.04.